The Morgan fingerprint density at radius 1 is 1.67 bits per heavy atom. The minimum atomic E-state index is -0.467. The van der Waals surface area contributed by atoms with E-state index in [-0.39, 0.29) is 5.97 Å². The van der Waals surface area contributed by atoms with Gasteiger partial charge in [0.25, 0.3) is 0 Å². The van der Waals surface area contributed by atoms with Crippen LogP contribution in [0.5, 0.6) is 0 Å². The summed E-state index contributed by atoms with van der Waals surface area (Å²) in [6, 6.07) is 2.12. The van der Waals surface area contributed by atoms with Crippen molar-refractivity contribution in [3.8, 4) is 0 Å². The molecule has 0 aliphatic carbocycles. The van der Waals surface area contributed by atoms with Gasteiger partial charge in [0.05, 0.1) is 20.3 Å². The van der Waals surface area contributed by atoms with Crippen molar-refractivity contribution < 1.29 is 14.3 Å². The Bertz CT molecular complexity index is 417. The molecule has 1 N–H and O–H groups in total. The molecule has 6 heteroatoms. The number of rotatable bonds is 6. The van der Waals surface area contributed by atoms with Crippen molar-refractivity contribution in [3.05, 3.63) is 20.8 Å². The van der Waals surface area contributed by atoms with Crippen molar-refractivity contribution in [1.29, 1.82) is 0 Å². The molecule has 1 aliphatic heterocycles. The van der Waals surface area contributed by atoms with Crippen LogP contribution in [0.1, 0.15) is 4.88 Å². The SMILES string of the molecule is COC(=O)C1(CNCCc2cc(Br)cs2)COC1. The molecule has 1 saturated heterocycles. The van der Waals surface area contributed by atoms with Gasteiger partial charge in [0, 0.05) is 21.3 Å². The van der Waals surface area contributed by atoms with Gasteiger partial charge in [-0.05, 0) is 35.0 Å². The predicted molar refractivity (Wildman–Crippen MR) is 73.9 cm³/mol. The van der Waals surface area contributed by atoms with Crippen molar-refractivity contribution in [2.24, 2.45) is 5.41 Å². The third-order valence-electron chi connectivity index (χ3n) is 3.01. The van der Waals surface area contributed by atoms with E-state index in [9.17, 15) is 4.79 Å². The van der Waals surface area contributed by atoms with E-state index in [2.05, 4.69) is 32.7 Å². The van der Waals surface area contributed by atoms with E-state index in [4.69, 9.17) is 9.47 Å². The van der Waals surface area contributed by atoms with Crippen LogP contribution >= 0.6 is 27.3 Å². The topological polar surface area (TPSA) is 47.6 Å². The average molecular weight is 334 g/mol. The van der Waals surface area contributed by atoms with Crippen LogP contribution in [0.2, 0.25) is 0 Å². The standard InChI is InChI=1S/C12H16BrNO3S/c1-16-11(15)12(7-17-8-12)6-14-3-2-10-4-9(13)5-18-10/h4-5,14H,2-3,6-8H2,1H3. The van der Waals surface area contributed by atoms with E-state index in [1.165, 1.54) is 12.0 Å². The summed E-state index contributed by atoms with van der Waals surface area (Å²) in [4.78, 5) is 13.0. The van der Waals surface area contributed by atoms with Gasteiger partial charge in [0.1, 0.15) is 5.41 Å². The maximum absolute atomic E-state index is 11.6. The highest BCUT2D eigenvalue weighted by atomic mass is 79.9. The molecule has 0 aromatic carbocycles. The summed E-state index contributed by atoms with van der Waals surface area (Å²) < 4.78 is 11.1. The van der Waals surface area contributed by atoms with Crippen molar-refractivity contribution in [3.63, 3.8) is 0 Å². The van der Waals surface area contributed by atoms with E-state index in [0.717, 1.165) is 17.4 Å². The van der Waals surface area contributed by atoms with Crippen LogP contribution in [-0.2, 0) is 20.7 Å². The first-order valence-electron chi connectivity index (χ1n) is 5.76. The largest absolute Gasteiger partial charge is 0.468 e. The molecule has 0 atom stereocenters. The lowest BCUT2D eigenvalue weighted by molar-refractivity contribution is -0.182. The van der Waals surface area contributed by atoms with Crippen molar-refractivity contribution in [2.75, 3.05) is 33.4 Å². The number of hydrogen-bond acceptors (Lipinski definition) is 5. The highest BCUT2D eigenvalue weighted by molar-refractivity contribution is 9.10. The summed E-state index contributed by atoms with van der Waals surface area (Å²) in [5.74, 6) is -0.180. The highest BCUT2D eigenvalue weighted by Crippen LogP contribution is 2.28. The van der Waals surface area contributed by atoms with E-state index in [0.29, 0.717) is 19.8 Å². The second-order valence-electron chi connectivity index (χ2n) is 4.42. The van der Waals surface area contributed by atoms with Gasteiger partial charge in [0.15, 0.2) is 0 Å². The number of nitrogens with one attached hydrogen (secondary N) is 1. The normalized spacial score (nSPS) is 17.2. The van der Waals surface area contributed by atoms with E-state index >= 15 is 0 Å². The zero-order valence-electron chi connectivity index (χ0n) is 10.2. The molecule has 2 heterocycles. The Labute approximate surface area is 119 Å². The van der Waals surface area contributed by atoms with Crippen LogP contribution in [0.15, 0.2) is 15.9 Å². The number of hydrogen-bond donors (Lipinski definition) is 1. The number of ether oxygens (including phenoxy) is 2. The first kappa shape index (κ1) is 14.0. The molecule has 0 saturated carbocycles. The summed E-state index contributed by atoms with van der Waals surface area (Å²) in [7, 11) is 1.42. The fourth-order valence-electron chi connectivity index (χ4n) is 1.88. The molecule has 1 aromatic heterocycles. The van der Waals surface area contributed by atoms with Crippen LogP contribution < -0.4 is 5.32 Å². The molecule has 1 aromatic rings. The molecular formula is C12H16BrNO3S. The van der Waals surface area contributed by atoms with Gasteiger partial charge in [-0.1, -0.05) is 0 Å². The van der Waals surface area contributed by atoms with Crippen molar-refractivity contribution in [1.82, 2.24) is 5.32 Å². The molecule has 1 aliphatic rings. The molecule has 0 amide bonds. The first-order chi connectivity index (χ1) is 8.66. The molecule has 2 rings (SSSR count). The molecule has 1 fully saturated rings. The number of halogens is 1. The Morgan fingerprint density at radius 3 is 2.94 bits per heavy atom. The molecule has 0 bridgehead atoms. The second-order valence-corrected chi connectivity index (χ2v) is 6.33. The van der Waals surface area contributed by atoms with Gasteiger partial charge in [-0.25, -0.2) is 0 Å². The molecule has 0 radical (unpaired) electrons. The predicted octanol–water partition coefficient (Wildman–Crippen LogP) is 1.83. The Morgan fingerprint density at radius 2 is 2.44 bits per heavy atom. The Balaban J connectivity index is 1.73. The molecule has 4 nitrogen and oxygen atoms in total. The van der Waals surface area contributed by atoms with E-state index in [1.54, 1.807) is 11.3 Å². The van der Waals surface area contributed by atoms with Crippen LogP contribution in [0.3, 0.4) is 0 Å². The highest BCUT2D eigenvalue weighted by Gasteiger charge is 2.46. The molecule has 0 spiro atoms. The number of methoxy groups -OCH3 is 1. The Kier molecular flexibility index (Phi) is 4.77. The zero-order chi connectivity index (χ0) is 13.0. The lowest BCUT2D eigenvalue weighted by Gasteiger charge is -2.38. The minimum absolute atomic E-state index is 0.180. The van der Waals surface area contributed by atoms with E-state index < -0.39 is 5.41 Å². The van der Waals surface area contributed by atoms with Crippen molar-refractivity contribution in [2.45, 2.75) is 6.42 Å². The van der Waals surface area contributed by atoms with Crippen molar-refractivity contribution >= 4 is 33.2 Å². The summed E-state index contributed by atoms with van der Waals surface area (Å²) in [5.41, 5.74) is -0.467. The summed E-state index contributed by atoms with van der Waals surface area (Å²) in [6.07, 6.45) is 0.967. The number of thiophene rings is 1. The number of carbonyl (C=O) groups is 1. The Hall–Kier alpha value is -0.430. The third-order valence-corrected chi connectivity index (χ3v) is 4.77. The quantitative estimate of drug-likeness (QED) is 0.637. The lowest BCUT2D eigenvalue weighted by Crippen LogP contribution is -2.55. The molecular weight excluding hydrogens is 318 g/mol. The summed E-state index contributed by atoms with van der Waals surface area (Å²) in [6.45, 7) is 2.38. The lowest BCUT2D eigenvalue weighted by atomic mass is 9.86. The summed E-state index contributed by atoms with van der Waals surface area (Å²) in [5, 5.41) is 5.39. The molecule has 100 valence electrons. The summed E-state index contributed by atoms with van der Waals surface area (Å²) >= 11 is 5.17. The monoisotopic (exact) mass is 333 g/mol. The number of carbonyl (C=O) groups excluding carboxylic acids is 1. The smallest absolute Gasteiger partial charge is 0.317 e. The first-order valence-corrected chi connectivity index (χ1v) is 7.43. The van der Waals surface area contributed by atoms with Crippen LogP contribution in [0.25, 0.3) is 0 Å². The van der Waals surface area contributed by atoms with Gasteiger partial charge < -0.3 is 14.8 Å². The van der Waals surface area contributed by atoms with Gasteiger partial charge in [-0.15, -0.1) is 11.3 Å². The minimum Gasteiger partial charge on any atom is -0.468 e. The maximum atomic E-state index is 11.6. The maximum Gasteiger partial charge on any atom is 0.317 e. The van der Waals surface area contributed by atoms with Crippen LogP contribution in [0.4, 0.5) is 0 Å². The van der Waals surface area contributed by atoms with Gasteiger partial charge in [-0.3, -0.25) is 4.79 Å². The fourth-order valence-corrected chi connectivity index (χ4v) is 3.34. The van der Waals surface area contributed by atoms with E-state index in [1.807, 2.05) is 0 Å². The average Bonchev–Trinajstić information content (AvgIpc) is 2.72. The van der Waals surface area contributed by atoms with Crippen LogP contribution in [-0.4, -0.2) is 39.4 Å². The molecule has 0 unspecified atom stereocenters. The van der Waals surface area contributed by atoms with Gasteiger partial charge in [0.2, 0.25) is 0 Å². The third kappa shape index (κ3) is 3.12. The number of esters is 1. The zero-order valence-corrected chi connectivity index (χ0v) is 12.6. The second kappa shape index (κ2) is 6.14. The van der Waals surface area contributed by atoms with Gasteiger partial charge in [-0.2, -0.15) is 0 Å². The molecule has 18 heavy (non-hydrogen) atoms. The fraction of sp³-hybridized carbons (Fsp3) is 0.583. The van der Waals surface area contributed by atoms with Crippen LogP contribution in [0, 0.1) is 5.41 Å². The van der Waals surface area contributed by atoms with Gasteiger partial charge >= 0.3 is 5.97 Å².